The van der Waals surface area contributed by atoms with Crippen LogP contribution in [0.5, 0.6) is 0 Å². The summed E-state index contributed by atoms with van der Waals surface area (Å²) in [6.07, 6.45) is 1.43. The lowest BCUT2D eigenvalue weighted by molar-refractivity contribution is 0.0601. The van der Waals surface area contributed by atoms with Crippen molar-refractivity contribution >= 4 is 22.6 Å². The molecule has 0 unspecified atom stereocenters. The summed E-state index contributed by atoms with van der Waals surface area (Å²) >= 11 is 0. The molecule has 1 heterocycles. The van der Waals surface area contributed by atoms with Crippen molar-refractivity contribution in [1.82, 2.24) is 0 Å². The first-order valence-electron chi connectivity index (χ1n) is 8.09. The summed E-state index contributed by atoms with van der Waals surface area (Å²) in [7, 11) is 1.34. The maximum atomic E-state index is 12.9. The van der Waals surface area contributed by atoms with E-state index in [1.54, 1.807) is 42.5 Å². The summed E-state index contributed by atoms with van der Waals surface area (Å²) in [6.45, 7) is 2.01. The zero-order valence-corrected chi connectivity index (χ0v) is 14.2. The fourth-order valence-electron chi connectivity index (χ4n) is 2.83. The molecule has 0 bridgehead atoms. The van der Waals surface area contributed by atoms with Gasteiger partial charge in [-0.25, -0.2) is 4.79 Å². The highest BCUT2D eigenvalue weighted by Gasteiger charge is 2.16. The molecule has 0 aliphatic heterocycles. The first kappa shape index (κ1) is 16.8. The van der Waals surface area contributed by atoms with Crippen LogP contribution >= 0.6 is 0 Å². The third-order valence-corrected chi connectivity index (χ3v) is 4.08. The van der Waals surface area contributed by atoms with Crippen LogP contribution in [0.25, 0.3) is 22.3 Å². The van der Waals surface area contributed by atoms with E-state index in [1.165, 1.54) is 7.11 Å². The van der Waals surface area contributed by atoms with Gasteiger partial charge < -0.3 is 14.9 Å². The van der Waals surface area contributed by atoms with Crippen molar-refractivity contribution in [2.24, 2.45) is 0 Å². The fraction of sp³-hybridized carbons (Fsp3) is 0.200. The van der Waals surface area contributed by atoms with Gasteiger partial charge in [-0.15, -0.1) is 0 Å². The van der Waals surface area contributed by atoms with Crippen molar-refractivity contribution in [1.29, 1.82) is 0 Å². The van der Waals surface area contributed by atoms with E-state index in [0.29, 0.717) is 40.0 Å². The van der Waals surface area contributed by atoms with Gasteiger partial charge in [-0.3, -0.25) is 4.79 Å². The number of benzene rings is 2. The average Bonchev–Trinajstić information content (AvgIpc) is 2.63. The molecular weight excluding hydrogens is 318 g/mol. The summed E-state index contributed by atoms with van der Waals surface area (Å²) in [4.78, 5) is 24.5. The van der Waals surface area contributed by atoms with Crippen LogP contribution in [0.4, 0.5) is 5.69 Å². The Morgan fingerprint density at radius 1 is 1.16 bits per heavy atom. The quantitative estimate of drug-likeness (QED) is 0.578. The number of carbonyl (C=O) groups is 1. The standard InChI is InChI=1S/C20H19NO4/c1-3-4-16-18(22)15-10-9-14(21)11-17(15)25-19(16)12-5-7-13(8-6-12)20(23)24-2/h5-11H,3-4,21H2,1-2H3. The summed E-state index contributed by atoms with van der Waals surface area (Å²) in [5.41, 5.74) is 8.56. The molecule has 0 aliphatic carbocycles. The zero-order chi connectivity index (χ0) is 18.0. The number of methoxy groups -OCH3 is 1. The highest BCUT2D eigenvalue weighted by molar-refractivity contribution is 5.90. The van der Waals surface area contributed by atoms with E-state index in [2.05, 4.69) is 0 Å². The van der Waals surface area contributed by atoms with Crippen molar-refractivity contribution < 1.29 is 13.9 Å². The Morgan fingerprint density at radius 2 is 1.88 bits per heavy atom. The maximum Gasteiger partial charge on any atom is 0.337 e. The second-order valence-electron chi connectivity index (χ2n) is 5.81. The predicted octanol–water partition coefficient (Wildman–Crippen LogP) is 3.78. The number of hydrogen-bond acceptors (Lipinski definition) is 5. The first-order valence-corrected chi connectivity index (χ1v) is 8.09. The van der Waals surface area contributed by atoms with Gasteiger partial charge in [0.15, 0.2) is 5.43 Å². The van der Waals surface area contributed by atoms with Crippen molar-refractivity contribution in [3.05, 3.63) is 63.8 Å². The van der Waals surface area contributed by atoms with Crippen LogP contribution in [0.3, 0.4) is 0 Å². The molecule has 0 fully saturated rings. The van der Waals surface area contributed by atoms with Gasteiger partial charge in [0.05, 0.1) is 18.1 Å². The minimum Gasteiger partial charge on any atom is -0.465 e. The van der Waals surface area contributed by atoms with Gasteiger partial charge in [-0.1, -0.05) is 25.5 Å². The molecule has 0 radical (unpaired) electrons. The number of esters is 1. The molecule has 0 saturated heterocycles. The van der Waals surface area contributed by atoms with E-state index in [4.69, 9.17) is 14.9 Å². The number of ether oxygens (including phenoxy) is 1. The molecule has 2 N–H and O–H groups in total. The molecule has 3 rings (SSSR count). The van der Waals surface area contributed by atoms with E-state index in [0.717, 1.165) is 12.0 Å². The van der Waals surface area contributed by atoms with Crippen molar-refractivity contribution in [3.63, 3.8) is 0 Å². The lowest BCUT2D eigenvalue weighted by Gasteiger charge is -2.10. The third-order valence-electron chi connectivity index (χ3n) is 4.08. The van der Waals surface area contributed by atoms with Crippen LogP contribution in [0.15, 0.2) is 51.7 Å². The van der Waals surface area contributed by atoms with Crippen LogP contribution < -0.4 is 11.2 Å². The van der Waals surface area contributed by atoms with Gasteiger partial charge in [0.2, 0.25) is 0 Å². The van der Waals surface area contributed by atoms with Crippen molar-refractivity contribution in [2.45, 2.75) is 19.8 Å². The second kappa shape index (κ2) is 6.81. The number of fused-ring (bicyclic) bond motifs is 1. The van der Waals surface area contributed by atoms with E-state index in [9.17, 15) is 9.59 Å². The van der Waals surface area contributed by atoms with Crippen LogP contribution in [0.1, 0.15) is 29.3 Å². The lowest BCUT2D eigenvalue weighted by atomic mass is 10.0. The smallest absolute Gasteiger partial charge is 0.337 e. The van der Waals surface area contributed by atoms with Gasteiger partial charge in [0.25, 0.3) is 0 Å². The molecule has 0 spiro atoms. The summed E-state index contributed by atoms with van der Waals surface area (Å²) in [5, 5.41) is 0.521. The number of hydrogen-bond donors (Lipinski definition) is 1. The van der Waals surface area contributed by atoms with Crippen LogP contribution in [-0.2, 0) is 11.2 Å². The molecule has 25 heavy (non-hydrogen) atoms. The zero-order valence-electron chi connectivity index (χ0n) is 14.2. The SMILES string of the molecule is CCCc1c(-c2ccc(C(=O)OC)cc2)oc2cc(N)ccc2c1=O. The molecule has 0 atom stereocenters. The van der Waals surface area contributed by atoms with E-state index in [1.807, 2.05) is 6.92 Å². The van der Waals surface area contributed by atoms with E-state index >= 15 is 0 Å². The monoisotopic (exact) mass is 337 g/mol. The predicted molar refractivity (Wildman–Crippen MR) is 97.7 cm³/mol. The number of rotatable bonds is 4. The van der Waals surface area contributed by atoms with Gasteiger partial charge in [-0.2, -0.15) is 0 Å². The van der Waals surface area contributed by atoms with Gasteiger partial charge >= 0.3 is 5.97 Å². The Labute approximate surface area is 145 Å². The van der Waals surface area contributed by atoms with Crippen molar-refractivity contribution in [2.75, 3.05) is 12.8 Å². The molecule has 0 aliphatic rings. The Balaban J connectivity index is 2.21. The maximum absolute atomic E-state index is 12.9. The second-order valence-corrected chi connectivity index (χ2v) is 5.81. The Hall–Kier alpha value is -3.08. The summed E-state index contributed by atoms with van der Waals surface area (Å²) in [5.74, 6) is 0.106. The third kappa shape index (κ3) is 3.13. The lowest BCUT2D eigenvalue weighted by Crippen LogP contribution is -2.11. The summed E-state index contributed by atoms with van der Waals surface area (Å²) < 4.78 is 10.7. The minimum absolute atomic E-state index is 0.0462. The van der Waals surface area contributed by atoms with Crippen molar-refractivity contribution in [3.8, 4) is 11.3 Å². The fourth-order valence-corrected chi connectivity index (χ4v) is 2.83. The molecule has 0 saturated carbocycles. The normalized spacial score (nSPS) is 10.8. The Kier molecular flexibility index (Phi) is 4.57. The molecule has 128 valence electrons. The van der Waals surface area contributed by atoms with Crippen LogP contribution in [0.2, 0.25) is 0 Å². The number of anilines is 1. The largest absolute Gasteiger partial charge is 0.465 e. The van der Waals surface area contributed by atoms with E-state index < -0.39 is 5.97 Å². The molecule has 1 aromatic heterocycles. The minimum atomic E-state index is -0.409. The Bertz CT molecular complexity index is 987. The van der Waals surface area contributed by atoms with Crippen LogP contribution in [-0.4, -0.2) is 13.1 Å². The van der Waals surface area contributed by atoms with Gasteiger partial charge in [0.1, 0.15) is 11.3 Å². The summed E-state index contributed by atoms with van der Waals surface area (Å²) in [6, 6.07) is 11.9. The first-order chi connectivity index (χ1) is 12.0. The molecule has 5 heteroatoms. The molecule has 5 nitrogen and oxygen atoms in total. The molecule has 0 amide bonds. The average molecular weight is 337 g/mol. The highest BCUT2D eigenvalue weighted by atomic mass is 16.5. The Morgan fingerprint density at radius 3 is 2.52 bits per heavy atom. The number of carbonyl (C=O) groups excluding carboxylic acids is 1. The van der Waals surface area contributed by atoms with Gasteiger partial charge in [0, 0.05) is 22.9 Å². The number of nitrogen functional groups attached to an aromatic ring is 1. The van der Waals surface area contributed by atoms with Crippen LogP contribution in [0, 0.1) is 0 Å². The molecule has 2 aromatic carbocycles. The van der Waals surface area contributed by atoms with Gasteiger partial charge in [-0.05, 0) is 30.7 Å². The molecular formula is C20H19NO4. The molecule has 3 aromatic rings. The van der Waals surface area contributed by atoms with E-state index in [-0.39, 0.29) is 5.43 Å². The highest BCUT2D eigenvalue weighted by Crippen LogP contribution is 2.28. The number of nitrogens with two attached hydrogens (primary N) is 1. The topological polar surface area (TPSA) is 82.5 Å².